The number of rotatable bonds is 6. The Morgan fingerprint density at radius 3 is 2.62 bits per heavy atom. The number of phenolic OH excluding ortho intramolecular Hbond substituents is 1. The van der Waals surface area contributed by atoms with Gasteiger partial charge in [-0.05, 0) is 60.7 Å². The van der Waals surface area contributed by atoms with Crippen molar-refractivity contribution in [3.8, 4) is 5.75 Å². The van der Waals surface area contributed by atoms with Crippen LogP contribution in [0.1, 0.15) is 35.6 Å². The van der Waals surface area contributed by atoms with Gasteiger partial charge in [-0.15, -0.1) is 0 Å². The average molecular weight is 351 g/mol. The Hall–Kier alpha value is -2.59. The number of carbonyl (C=O) groups excluding carboxylic acids is 1. The molecule has 0 amide bonds. The molecule has 1 heterocycles. The van der Waals surface area contributed by atoms with Gasteiger partial charge in [0.15, 0.2) is 0 Å². The van der Waals surface area contributed by atoms with Crippen molar-refractivity contribution in [2.24, 2.45) is 0 Å². The third-order valence-electron chi connectivity index (χ3n) is 4.92. The minimum Gasteiger partial charge on any atom is -0.508 e. The Kier molecular flexibility index (Phi) is 6.08. The van der Waals surface area contributed by atoms with E-state index in [1.807, 2.05) is 24.3 Å². The number of nitrogens with zero attached hydrogens (tertiary/aromatic N) is 1. The van der Waals surface area contributed by atoms with Crippen molar-refractivity contribution in [3.63, 3.8) is 0 Å². The molecule has 0 unspecified atom stereocenters. The van der Waals surface area contributed by atoms with Gasteiger partial charge in [-0.2, -0.15) is 0 Å². The lowest BCUT2D eigenvalue weighted by molar-refractivity contribution is -0.134. The van der Waals surface area contributed by atoms with Gasteiger partial charge in [0.2, 0.25) is 0 Å². The first-order valence-corrected chi connectivity index (χ1v) is 9.03. The molecule has 1 aliphatic rings. The Labute approximate surface area is 154 Å². The molecule has 2 aromatic rings. The van der Waals surface area contributed by atoms with Gasteiger partial charge >= 0.3 is 5.97 Å². The molecule has 1 atom stereocenters. The lowest BCUT2D eigenvalue weighted by Crippen LogP contribution is -2.25. The number of hydrogen-bond donors (Lipinski definition) is 1. The molecule has 1 aliphatic heterocycles. The number of carbonyl (C=O) groups is 1. The fraction of sp³-hybridized carbons (Fsp3) is 0.318. The molecule has 0 aliphatic carbocycles. The number of ether oxygens (including phenoxy) is 1. The molecule has 0 saturated carbocycles. The van der Waals surface area contributed by atoms with Crippen LogP contribution in [0.15, 0.2) is 54.6 Å². The van der Waals surface area contributed by atoms with Crippen LogP contribution in [0.3, 0.4) is 0 Å². The third kappa shape index (κ3) is 4.73. The van der Waals surface area contributed by atoms with Gasteiger partial charge in [0.25, 0.3) is 0 Å². The normalized spacial score (nSPS) is 17.7. The standard InChI is InChI=1S/C22H25NO3/c1-26-22(25)13-8-17-4-9-19(10-5-17)21-3-2-15-23(21)16-14-18-6-11-20(24)12-7-18/h4-13,21,24H,2-3,14-16H2,1H3/t21-/m0/s1. The smallest absolute Gasteiger partial charge is 0.330 e. The van der Waals surface area contributed by atoms with Crippen molar-refractivity contribution < 1.29 is 14.6 Å². The second-order valence-corrected chi connectivity index (χ2v) is 6.63. The number of phenols is 1. The van der Waals surface area contributed by atoms with E-state index in [1.54, 1.807) is 18.2 Å². The number of methoxy groups -OCH3 is 1. The van der Waals surface area contributed by atoms with Crippen LogP contribution in [0.25, 0.3) is 6.08 Å². The number of benzene rings is 2. The lowest BCUT2D eigenvalue weighted by atomic mass is 10.0. The molecule has 0 spiro atoms. The highest BCUT2D eigenvalue weighted by molar-refractivity contribution is 5.86. The summed E-state index contributed by atoms with van der Waals surface area (Å²) in [7, 11) is 1.38. The number of hydrogen-bond acceptors (Lipinski definition) is 4. The van der Waals surface area contributed by atoms with Crippen LogP contribution in [0, 0.1) is 0 Å². The second kappa shape index (κ2) is 8.68. The molecule has 3 rings (SSSR count). The maximum atomic E-state index is 11.2. The lowest BCUT2D eigenvalue weighted by Gasteiger charge is -2.25. The van der Waals surface area contributed by atoms with E-state index >= 15 is 0 Å². The molecule has 136 valence electrons. The minimum atomic E-state index is -0.342. The summed E-state index contributed by atoms with van der Waals surface area (Å²) in [5.74, 6) is -0.0283. The summed E-state index contributed by atoms with van der Waals surface area (Å²) in [5, 5.41) is 9.39. The predicted molar refractivity (Wildman–Crippen MR) is 103 cm³/mol. The van der Waals surface area contributed by atoms with Crippen molar-refractivity contribution in [2.75, 3.05) is 20.2 Å². The maximum absolute atomic E-state index is 11.2. The van der Waals surface area contributed by atoms with Crippen molar-refractivity contribution in [1.29, 1.82) is 0 Å². The number of aromatic hydroxyl groups is 1. The third-order valence-corrected chi connectivity index (χ3v) is 4.92. The van der Waals surface area contributed by atoms with E-state index in [0.29, 0.717) is 11.8 Å². The quantitative estimate of drug-likeness (QED) is 0.632. The summed E-state index contributed by atoms with van der Waals surface area (Å²) in [4.78, 5) is 13.7. The summed E-state index contributed by atoms with van der Waals surface area (Å²) < 4.78 is 4.61. The minimum absolute atomic E-state index is 0.314. The molecule has 0 radical (unpaired) electrons. The fourth-order valence-corrected chi connectivity index (χ4v) is 3.47. The SMILES string of the molecule is COC(=O)C=Cc1ccc([C@@H]2CCCN2CCc2ccc(O)cc2)cc1. The average Bonchev–Trinajstić information content (AvgIpc) is 3.14. The zero-order valence-electron chi connectivity index (χ0n) is 15.1. The molecule has 4 nitrogen and oxygen atoms in total. The Morgan fingerprint density at radius 2 is 1.92 bits per heavy atom. The summed E-state index contributed by atoms with van der Waals surface area (Å²) in [5.41, 5.74) is 3.56. The van der Waals surface area contributed by atoms with Gasteiger partial charge in [0.05, 0.1) is 7.11 Å². The molecule has 26 heavy (non-hydrogen) atoms. The molecule has 2 aromatic carbocycles. The van der Waals surface area contributed by atoms with Crippen molar-refractivity contribution >= 4 is 12.0 Å². The molecule has 0 aromatic heterocycles. The Balaban J connectivity index is 1.61. The molecule has 1 saturated heterocycles. The maximum Gasteiger partial charge on any atom is 0.330 e. The Bertz CT molecular complexity index is 750. The van der Waals surface area contributed by atoms with Crippen LogP contribution in [-0.4, -0.2) is 36.2 Å². The second-order valence-electron chi connectivity index (χ2n) is 6.63. The van der Waals surface area contributed by atoms with Crippen molar-refractivity contribution in [1.82, 2.24) is 4.90 Å². The van der Waals surface area contributed by atoms with Gasteiger partial charge < -0.3 is 9.84 Å². The fourth-order valence-electron chi connectivity index (χ4n) is 3.47. The zero-order valence-corrected chi connectivity index (χ0v) is 15.1. The van der Waals surface area contributed by atoms with E-state index in [-0.39, 0.29) is 5.97 Å². The summed E-state index contributed by atoms with van der Waals surface area (Å²) >= 11 is 0. The van der Waals surface area contributed by atoms with Gasteiger partial charge in [-0.1, -0.05) is 36.4 Å². The van der Waals surface area contributed by atoms with Gasteiger partial charge in [0.1, 0.15) is 5.75 Å². The van der Waals surface area contributed by atoms with E-state index in [1.165, 1.54) is 37.2 Å². The largest absolute Gasteiger partial charge is 0.508 e. The van der Waals surface area contributed by atoms with E-state index < -0.39 is 0 Å². The van der Waals surface area contributed by atoms with Crippen LogP contribution >= 0.6 is 0 Å². The highest BCUT2D eigenvalue weighted by Gasteiger charge is 2.25. The first-order valence-electron chi connectivity index (χ1n) is 9.03. The first kappa shape index (κ1) is 18.2. The molecular formula is C22H25NO3. The van der Waals surface area contributed by atoms with Crippen molar-refractivity contribution in [2.45, 2.75) is 25.3 Å². The molecule has 4 heteroatoms. The number of esters is 1. The topological polar surface area (TPSA) is 49.8 Å². The van der Waals surface area contributed by atoms with Crippen LogP contribution in [0.4, 0.5) is 0 Å². The monoisotopic (exact) mass is 351 g/mol. The highest BCUT2D eigenvalue weighted by Crippen LogP contribution is 2.32. The number of likely N-dealkylation sites (tertiary alicyclic amines) is 1. The molecular weight excluding hydrogens is 326 g/mol. The summed E-state index contributed by atoms with van der Waals surface area (Å²) in [6, 6.07) is 16.3. The molecule has 1 N–H and O–H groups in total. The van der Waals surface area contributed by atoms with Crippen LogP contribution in [-0.2, 0) is 16.0 Å². The van der Waals surface area contributed by atoms with E-state index in [4.69, 9.17) is 0 Å². The van der Waals surface area contributed by atoms with Crippen LogP contribution < -0.4 is 0 Å². The van der Waals surface area contributed by atoms with Gasteiger partial charge in [-0.3, -0.25) is 4.90 Å². The van der Waals surface area contributed by atoms with E-state index in [9.17, 15) is 9.90 Å². The zero-order chi connectivity index (χ0) is 18.4. The predicted octanol–water partition coefficient (Wildman–Crippen LogP) is 3.96. The Morgan fingerprint density at radius 1 is 1.19 bits per heavy atom. The van der Waals surface area contributed by atoms with E-state index in [0.717, 1.165) is 25.1 Å². The van der Waals surface area contributed by atoms with Crippen molar-refractivity contribution in [3.05, 3.63) is 71.3 Å². The first-order chi connectivity index (χ1) is 12.7. The summed E-state index contributed by atoms with van der Waals surface area (Å²) in [6.45, 7) is 2.13. The van der Waals surface area contributed by atoms with Crippen LogP contribution in [0.5, 0.6) is 5.75 Å². The molecule has 0 bridgehead atoms. The van der Waals surface area contributed by atoms with Gasteiger partial charge in [0, 0.05) is 18.7 Å². The molecule has 1 fully saturated rings. The van der Waals surface area contributed by atoms with Crippen LogP contribution in [0.2, 0.25) is 0 Å². The summed E-state index contributed by atoms with van der Waals surface area (Å²) in [6.07, 6.45) is 6.58. The van der Waals surface area contributed by atoms with Gasteiger partial charge in [-0.25, -0.2) is 4.79 Å². The highest BCUT2D eigenvalue weighted by atomic mass is 16.5. The van der Waals surface area contributed by atoms with E-state index in [2.05, 4.69) is 21.8 Å².